The topological polar surface area (TPSA) is 28.7 Å². The van der Waals surface area contributed by atoms with Crippen molar-refractivity contribution >= 4 is 40.9 Å². The molecule has 1 aromatic carbocycles. The van der Waals surface area contributed by atoms with Gasteiger partial charge in [0.05, 0.1) is 11.1 Å². The largest absolute Gasteiger partial charge is 0.262 e. The fourth-order valence-electron chi connectivity index (χ4n) is 1.62. The standard InChI is InChI=1S/C11H6ClFN2S/c1-2-7-3-9(12)4-10-8(5-14)6-15(16-13)11(7)10/h2-4,6H,1H2. The van der Waals surface area contributed by atoms with Gasteiger partial charge < -0.3 is 0 Å². The first kappa shape index (κ1) is 11.1. The Morgan fingerprint density at radius 3 is 2.88 bits per heavy atom. The third-order valence-electron chi connectivity index (χ3n) is 2.28. The maximum Gasteiger partial charge on any atom is 0.169 e. The van der Waals surface area contributed by atoms with Crippen LogP contribution in [0.5, 0.6) is 0 Å². The van der Waals surface area contributed by atoms with Crippen LogP contribution < -0.4 is 0 Å². The molecule has 80 valence electrons. The number of nitrogens with zero attached hydrogens (tertiary/aromatic N) is 2. The van der Waals surface area contributed by atoms with Gasteiger partial charge in [0.2, 0.25) is 0 Å². The molecule has 0 atom stereocenters. The number of fused-ring (bicyclic) bond motifs is 1. The van der Waals surface area contributed by atoms with E-state index in [1.165, 1.54) is 10.2 Å². The molecule has 0 N–H and O–H groups in total. The van der Waals surface area contributed by atoms with Crippen LogP contribution in [0.3, 0.4) is 0 Å². The van der Waals surface area contributed by atoms with Crippen LogP contribution in [0.25, 0.3) is 17.0 Å². The highest BCUT2D eigenvalue weighted by molar-refractivity contribution is 7.92. The normalized spacial score (nSPS) is 10.3. The summed E-state index contributed by atoms with van der Waals surface area (Å²) in [4.78, 5) is 0. The van der Waals surface area contributed by atoms with Crippen molar-refractivity contribution < 1.29 is 3.89 Å². The van der Waals surface area contributed by atoms with Crippen molar-refractivity contribution in [3.8, 4) is 6.07 Å². The molecule has 1 aromatic heterocycles. The van der Waals surface area contributed by atoms with Gasteiger partial charge in [0.1, 0.15) is 6.07 Å². The molecule has 0 saturated carbocycles. The molecule has 0 saturated heterocycles. The molecule has 0 aliphatic rings. The summed E-state index contributed by atoms with van der Waals surface area (Å²) in [5.41, 5.74) is 1.71. The van der Waals surface area contributed by atoms with Gasteiger partial charge in [-0.15, -0.1) is 3.89 Å². The number of halogens is 2. The molecule has 5 heteroatoms. The van der Waals surface area contributed by atoms with Crippen molar-refractivity contribution in [3.63, 3.8) is 0 Å². The molecule has 0 fully saturated rings. The second-order valence-electron chi connectivity index (χ2n) is 3.14. The molecular formula is C11H6ClFN2S. The smallest absolute Gasteiger partial charge is 0.169 e. The minimum Gasteiger partial charge on any atom is -0.262 e. The van der Waals surface area contributed by atoms with Crippen LogP contribution in [0.1, 0.15) is 11.1 Å². The van der Waals surface area contributed by atoms with Crippen molar-refractivity contribution in [1.29, 1.82) is 5.26 Å². The summed E-state index contributed by atoms with van der Waals surface area (Å²) in [5.74, 6) is 0. The number of hydrogen-bond acceptors (Lipinski definition) is 2. The first-order valence-electron chi connectivity index (χ1n) is 4.37. The molecule has 2 aromatic rings. The van der Waals surface area contributed by atoms with Crippen LogP contribution in [0, 0.1) is 11.3 Å². The fourth-order valence-corrected chi connectivity index (χ4v) is 2.27. The third-order valence-corrected chi connectivity index (χ3v) is 2.93. The molecule has 2 rings (SSSR count). The van der Waals surface area contributed by atoms with E-state index in [0.29, 0.717) is 27.1 Å². The Labute approximate surface area is 101 Å². The molecule has 0 spiro atoms. The van der Waals surface area contributed by atoms with Crippen molar-refractivity contribution in [2.75, 3.05) is 0 Å². The Morgan fingerprint density at radius 2 is 2.31 bits per heavy atom. The minimum atomic E-state index is 0.0446. The minimum absolute atomic E-state index is 0.0446. The van der Waals surface area contributed by atoms with Gasteiger partial charge >= 0.3 is 0 Å². The lowest BCUT2D eigenvalue weighted by Gasteiger charge is -2.02. The predicted molar refractivity (Wildman–Crippen MR) is 65.9 cm³/mol. The Bertz CT molecular complexity index is 612. The lowest BCUT2D eigenvalue weighted by atomic mass is 10.1. The molecule has 0 unspecified atom stereocenters. The first-order valence-corrected chi connectivity index (χ1v) is 5.42. The van der Waals surface area contributed by atoms with Crippen molar-refractivity contribution in [2.24, 2.45) is 0 Å². The monoisotopic (exact) mass is 252 g/mol. The summed E-state index contributed by atoms with van der Waals surface area (Å²) < 4.78 is 14.0. The van der Waals surface area contributed by atoms with Gasteiger partial charge in [-0.2, -0.15) is 5.26 Å². The average Bonchev–Trinajstić information content (AvgIpc) is 2.65. The molecule has 1 heterocycles. The van der Waals surface area contributed by atoms with Crippen LogP contribution in [-0.4, -0.2) is 3.97 Å². The summed E-state index contributed by atoms with van der Waals surface area (Å²) >= 11 is 5.96. The Balaban J connectivity index is 2.95. The van der Waals surface area contributed by atoms with Gasteiger partial charge in [-0.1, -0.05) is 24.3 Å². The lowest BCUT2D eigenvalue weighted by molar-refractivity contribution is 0.921. The summed E-state index contributed by atoms with van der Waals surface area (Å²) in [7, 11) is 0. The van der Waals surface area contributed by atoms with Crippen molar-refractivity contribution in [2.45, 2.75) is 0 Å². The highest BCUT2D eigenvalue weighted by atomic mass is 35.5. The van der Waals surface area contributed by atoms with E-state index in [1.807, 2.05) is 6.07 Å². The molecule has 0 aliphatic carbocycles. The average molecular weight is 253 g/mol. The molecule has 0 bridgehead atoms. The predicted octanol–water partition coefficient (Wildman–Crippen LogP) is 4.19. The number of benzene rings is 1. The van der Waals surface area contributed by atoms with E-state index in [2.05, 4.69) is 6.58 Å². The van der Waals surface area contributed by atoms with E-state index < -0.39 is 0 Å². The van der Waals surface area contributed by atoms with Crippen LogP contribution in [0.4, 0.5) is 3.89 Å². The van der Waals surface area contributed by atoms with Crippen LogP contribution in [-0.2, 0) is 0 Å². The Hall–Kier alpha value is -1.44. The van der Waals surface area contributed by atoms with E-state index in [4.69, 9.17) is 16.9 Å². The Morgan fingerprint density at radius 1 is 1.56 bits per heavy atom. The van der Waals surface area contributed by atoms with E-state index in [9.17, 15) is 3.89 Å². The maximum atomic E-state index is 12.7. The zero-order chi connectivity index (χ0) is 11.7. The highest BCUT2D eigenvalue weighted by Gasteiger charge is 2.12. The van der Waals surface area contributed by atoms with Gasteiger partial charge in [-0.05, 0) is 12.1 Å². The number of hydrogen-bond donors (Lipinski definition) is 0. The van der Waals surface area contributed by atoms with E-state index in [1.54, 1.807) is 18.2 Å². The summed E-state index contributed by atoms with van der Waals surface area (Å²) in [5, 5.41) is 10.1. The molecule has 2 nitrogen and oxygen atoms in total. The van der Waals surface area contributed by atoms with Gasteiger partial charge in [0.25, 0.3) is 0 Å². The van der Waals surface area contributed by atoms with Crippen LogP contribution in [0.15, 0.2) is 24.9 Å². The Kier molecular flexibility index (Phi) is 2.90. The second-order valence-corrected chi connectivity index (χ2v) is 4.11. The zero-order valence-electron chi connectivity index (χ0n) is 8.08. The first-order chi connectivity index (χ1) is 7.71. The highest BCUT2D eigenvalue weighted by Crippen LogP contribution is 2.31. The van der Waals surface area contributed by atoms with Gasteiger partial charge in [-0.25, -0.2) is 0 Å². The van der Waals surface area contributed by atoms with E-state index in [0.717, 1.165) is 0 Å². The van der Waals surface area contributed by atoms with Crippen molar-refractivity contribution in [1.82, 2.24) is 3.97 Å². The quantitative estimate of drug-likeness (QED) is 0.802. The van der Waals surface area contributed by atoms with E-state index in [-0.39, 0.29) is 12.3 Å². The van der Waals surface area contributed by atoms with Crippen LogP contribution in [0.2, 0.25) is 5.02 Å². The van der Waals surface area contributed by atoms with Gasteiger partial charge in [0, 0.05) is 22.2 Å². The fraction of sp³-hybridized carbons (Fsp3) is 0. The SMILES string of the molecule is C=Cc1cc(Cl)cc2c(C#N)cn(SF)c12. The molecule has 16 heavy (non-hydrogen) atoms. The molecular weight excluding hydrogens is 247 g/mol. The maximum absolute atomic E-state index is 12.7. The van der Waals surface area contributed by atoms with Crippen LogP contribution >= 0.6 is 23.9 Å². The molecule has 0 aliphatic heterocycles. The summed E-state index contributed by atoms with van der Waals surface area (Å²) in [6, 6.07) is 5.34. The zero-order valence-corrected chi connectivity index (χ0v) is 9.65. The van der Waals surface area contributed by atoms with Gasteiger partial charge in [-0.3, -0.25) is 3.97 Å². The van der Waals surface area contributed by atoms with E-state index >= 15 is 0 Å². The lowest BCUT2D eigenvalue weighted by Crippen LogP contribution is -1.84. The summed E-state index contributed by atoms with van der Waals surface area (Å²) in [6.07, 6.45) is 3.03. The van der Waals surface area contributed by atoms with Crippen molar-refractivity contribution in [3.05, 3.63) is 41.1 Å². The second kappa shape index (κ2) is 4.20. The number of nitriles is 1. The van der Waals surface area contributed by atoms with Gasteiger partial charge in [0.15, 0.2) is 12.3 Å². The molecule has 0 amide bonds. The summed E-state index contributed by atoms with van der Waals surface area (Å²) in [6.45, 7) is 3.65. The number of aromatic nitrogens is 1. The molecule has 0 radical (unpaired) electrons. The third kappa shape index (κ3) is 1.58. The number of rotatable bonds is 2.